The number of carbonyl (C=O) groups is 2. The first kappa shape index (κ1) is 72.5. The fraction of sp³-hybridized carbons (Fsp3) is 0.785. The fourth-order valence-electron chi connectivity index (χ4n) is 8.69. The van der Waals surface area contributed by atoms with Crippen LogP contribution in [0.25, 0.3) is 0 Å². The molecule has 436 valence electrons. The number of likely N-dealkylation sites (N-methyl/N-ethyl adjacent to an activating group) is 1. The number of rotatable bonds is 57. The average Bonchev–Trinajstić information content (AvgIpc) is 3.37. The van der Waals surface area contributed by atoms with Gasteiger partial charge in [0.05, 0.1) is 27.7 Å². The van der Waals surface area contributed by atoms with Gasteiger partial charge >= 0.3 is 19.8 Å². The van der Waals surface area contributed by atoms with Crippen molar-refractivity contribution in [3.63, 3.8) is 0 Å². The topological polar surface area (TPSA) is 108 Å². The van der Waals surface area contributed by atoms with Crippen molar-refractivity contribution in [1.29, 1.82) is 0 Å². The highest BCUT2D eigenvalue weighted by Gasteiger charge is 2.27. The van der Waals surface area contributed by atoms with E-state index in [1.165, 1.54) is 161 Å². The monoisotopic (exact) mass is 1070 g/mol. The zero-order valence-electron chi connectivity index (χ0n) is 49.5. The molecule has 0 saturated heterocycles. The molecule has 0 amide bonds. The Morgan fingerprint density at radius 3 is 1.13 bits per heavy atom. The Morgan fingerprint density at radius 1 is 0.427 bits per heavy atom. The highest BCUT2D eigenvalue weighted by Crippen LogP contribution is 2.43. The van der Waals surface area contributed by atoms with E-state index in [2.05, 4.69) is 86.8 Å². The quantitative estimate of drug-likeness (QED) is 0.0211. The lowest BCUT2D eigenvalue weighted by atomic mass is 10.0. The van der Waals surface area contributed by atoms with Crippen LogP contribution in [-0.4, -0.2) is 74.9 Å². The summed E-state index contributed by atoms with van der Waals surface area (Å²) in [5, 5.41) is 0. The molecular weight excluding hydrogens is 954 g/mol. The lowest BCUT2D eigenvalue weighted by Gasteiger charge is -2.24. The van der Waals surface area contributed by atoms with E-state index in [1.807, 2.05) is 21.1 Å². The van der Waals surface area contributed by atoms with Gasteiger partial charge < -0.3 is 18.9 Å². The number of carbonyl (C=O) groups excluding carboxylic acids is 2. The van der Waals surface area contributed by atoms with E-state index in [9.17, 15) is 19.0 Å². The SMILES string of the molecule is CC/C=C\C/C=C\C/C=C\C/C=C\CCCCCCCCCCCCCCCCCCCCCCCCC(=O)OC(COC(=O)CCCCCCC/C=C\C/C=C\CCCCCC)COP(=O)(O)OCC[N+](C)(C)C. The summed E-state index contributed by atoms with van der Waals surface area (Å²) in [6.45, 7) is 4.31. The first-order chi connectivity index (χ1) is 36.5. The molecular formula is C65H119NO8P+. The van der Waals surface area contributed by atoms with Crippen molar-refractivity contribution < 1.29 is 42.1 Å². The lowest BCUT2D eigenvalue weighted by molar-refractivity contribution is -0.870. The number of quaternary nitrogens is 1. The Bertz CT molecular complexity index is 1500. The fourth-order valence-corrected chi connectivity index (χ4v) is 9.43. The largest absolute Gasteiger partial charge is 0.472 e. The third-order valence-electron chi connectivity index (χ3n) is 13.5. The molecule has 0 aromatic heterocycles. The van der Waals surface area contributed by atoms with Gasteiger partial charge in [-0.1, -0.05) is 254 Å². The van der Waals surface area contributed by atoms with Crippen LogP contribution < -0.4 is 0 Å². The molecule has 9 nitrogen and oxygen atoms in total. The molecule has 0 heterocycles. The van der Waals surface area contributed by atoms with Crippen molar-refractivity contribution in [2.75, 3.05) is 47.5 Å². The zero-order valence-corrected chi connectivity index (χ0v) is 50.4. The summed E-state index contributed by atoms with van der Waals surface area (Å²) in [6.07, 6.45) is 74.2. The van der Waals surface area contributed by atoms with E-state index in [0.717, 1.165) is 83.5 Å². The molecule has 2 unspecified atom stereocenters. The number of allylic oxidation sites excluding steroid dienone is 12. The number of ether oxygens (including phenoxy) is 2. The molecule has 0 aliphatic carbocycles. The molecule has 75 heavy (non-hydrogen) atoms. The van der Waals surface area contributed by atoms with Gasteiger partial charge in [0.1, 0.15) is 19.8 Å². The van der Waals surface area contributed by atoms with Gasteiger partial charge in [-0.2, -0.15) is 0 Å². The second kappa shape index (κ2) is 56.2. The molecule has 0 aromatic rings. The minimum atomic E-state index is -4.39. The lowest BCUT2D eigenvalue weighted by Crippen LogP contribution is -2.37. The van der Waals surface area contributed by atoms with Crippen molar-refractivity contribution in [3.05, 3.63) is 72.9 Å². The van der Waals surface area contributed by atoms with Gasteiger partial charge in [-0.25, -0.2) is 4.57 Å². The molecule has 10 heteroatoms. The molecule has 0 radical (unpaired) electrons. The third kappa shape index (κ3) is 60.5. The second-order valence-corrected chi connectivity index (χ2v) is 23.5. The molecule has 0 spiro atoms. The summed E-state index contributed by atoms with van der Waals surface area (Å²) in [4.78, 5) is 35.7. The predicted octanol–water partition coefficient (Wildman–Crippen LogP) is 19.7. The molecule has 0 rings (SSSR count). The van der Waals surface area contributed by atoms with E-state index >= 15 is 0 Å². The Kier molecular flexibility index (Phi) is 54.3. The number of hydrogen-bond acceptors (Lipinski definition) is 7. The van der Waals surface area contributed by atoms with Gasteiger partial charge in [0, 0.05) is 12.8 Å². The molecule has 0 saturated carbocycles. The Labute approximate surface area is 463 Å². The molecule has 0 fully saturated rings. The average molecular weight is 1070 g/mol. The number of phosphoric acid groups is 1. The molecule has 0 aliphatic heterocycles. The van der Waals surface area contributed by atoms with E-state index in [1.54, 1.807) is 0 Å². The number of phosphoric ester groups is 1. The van der Waals surface area contributed by atoms with Crippen molar-refractivity contribution in [3.8, 4) is 0 Å². The summed E-state index contributed by atoms with van der Waals surface area (Å²) in [6, 6.07) is 0. The first-order valence-electron chi connectivity index (χ1n) is 31.2. The predicted molar refractivity (Wildman–Crippen MR) is 321 cm³/mol. The summed E-state index contributed by atoms with van der Waals surface area (Å²) >= 11 is 0. The smallest absolute Gasteiger partial charge is 0.462 e. The minimum absolute atomic E-state index is 0.0290. The number of nitrogens with zero attached hydrogens (tertiary/aromatic N) is 1. The first-order valence-corrected chi connectivity index (χ1v) is 32.7. The Balaban J connectivity index is 4.00. The minimum Gasteiger partial charge on any atom is -0.462 e. The molecule has 0 aliphatic rings. The highest BCUT2D eigenvalue weighted by atomic mass is 31.2. The Morgan fingerprint density at radius 2 is 0.760 bits per heavy atom. The molecule has 2 atom stereocenters. The van der Waals surface area contributed by atoms with Crippen LogP contribution in [0.5, 0.6) is 0 Å². The normalized spacial score (nSPS) is 13.7. The van der Waals surface area contributed by atoms with Crippen LogP contribution in [0.4, 0.5) is 0 Å². The van der Waals surface area contributed by atoms with E-state index in [4.69, 9.17) is 18.5 Å². The van der Waals surface area contributed by atoms with Gasteiger partial charge in [0.2, 0.25) is 0 Å². The van der Waals surface area contributed by atoms with Crippen LogP contribution in [0.2, 0.25) is 0 Å². The van der Waals surface area contributed by atoms with Gasteiger partial charge in [-0.3, -0.25) is 18.6 Å². The summed E-state index contributed by atoms with van der Waals surface area (Å²) < 4.78 is 34.6. The third-order valence-corrected chi connectivity index (χ3v) is 14.5. The molecule has 0 bridgehead atoms. The van der Waals surface area contributed by atoms with Crippen LogP contribution in [0.15, 0.2) is 72.9 Å². The van der Waals surface area contributed by atoms with E-state index in [-0.39, 0.29) is 32.0 Å². The van der Waals surface area contributed by atoms with Crippen LogP contribution in [0.1, 0.15) is 277 Å². The summed E-state index contributed by atoms with van der Waals surface area (Å²) in [5.74, 6) is -0.805. The van der Waals surface area contributed by atoms with Gasteiger partial charge in [-0.05, 0) is 83.5 Å². The van der Waals surface area contributed by atoms with Crippen molar-refractivity contribution in [2.45, 2.75) is 283 Å². The summed E-state index contributed by atoms with van der Waals surface area (Å²) in [7, 11) is 1.47. The zero-order chi connectivity index (χ0) is 54.9. The van der Waals surface area contributed by atoms with Crippen molar-refractivity contribution in [1.82, 2.24) is 0 Å². The highest BCUT2D eigenvalue weighted by molar-refractivity contribution is 7.47. The molecule has 1 N–H and O–H groups in total. The van der Waals surface area contributed by atoms with Crippen molar-refractivity contribution >= 4 is 19.8 Å². The standard InChI is InChI=1S/C65H118NO8P/c1-6-8-10-12-14-16-18-20-22-24-25-26-27-28-29-30-31-32-33-34-35-36-37-38-39-40-41-42-44-46-48-50-52-54-56-58-65(68)74-63(62-73-75(69,70)72-60-59-66(3,4)5)61-71-64(67)57-55-53-51-49-47-45-43-23-21-19-17-15-13-11-9-7-2/h8,10,14,16-17,19-20,22-23,25-26,43,63H,6-7,9,11-13,15,18,21,24,27-42,44-62H2,1-5H3/p+1/b10-8-,16-14-,19-17-,22-20-,26-25-,43-23-. The van der Waals surface area contributed by atoms with Crippen LogP contribution in [0, 0.1) is 0 Å². The van der Waals surface area contributed by atoms with Crippen LogP contribution in [-0.2, 0) is 32.7 Å². The van der Waals surface area contributed by atoms with Crippen molar-refractivity contribution in [2.24, 2.45) is 0 Å². The Hall–Kier alpha value is -2.55. The number of hydrogen-bond donors (Lipinski definition) is 1. The number of esters is 2. The second-order valence-electron chi connectivity index (χ2n) is 22.1. The van der Waals surface area contributed by atoms with E-state index in [0.29, 0.717) is 17.4 Å². The maximum atomic E-state index is 12.8. The van der Waals surface area contributed by atoms with Gasteiger partial charge in [0.25, 0.3) is 0 Å². The van der Waals surface area contributed by atoms with Crippen LogP contribution >= 0.6 is 7.82 Å². The maximum Gasteiger partial charge on any atom is 0.472 e. The van der Waals surface area contributed by atoms with Gasteiger partial charge in [-0.15, -0.1) is 0 Å². The maximum absolute atomic E-state index is 12.8. The van der Waals surface area contributed by atoms with Crippen LogP contribution in [0.3, 0.4) is 0 Å². The van der Waals surface area contributed by atoms with E-state index < -0.39 is 26.5 Å². The number of unbranched alkanes of at least 4 members (excludes halogenated alkanes) is 31. The molecule has 0 aromatic carbocycles. The summed E-state index contributed by atoms with van der Waals surface area (Å²) in [5.41, 5.74) is 0. The van der Waals surface area contributed by atoms with Gasteiger partial charge in [0.15, 0.2) is 6.10 Å².